The topological polar surface area (TPSA) is 16.4 Å². The van der Waals surface area contributed by atoms with E-state index in [4.69, 9.17) is 4.42 Å². The van der Waals surface area contributed by atoms with E-state index < -0.39 is 0 Å². The van der Waals surface area contributed by atoms with Gasteiger partial charge in [-0.3, -0.25) is 0 Å². The van der Waals surface area contributed by atoms with Crippen LogP contribution >= 0.6 is 0 Å². The Hall–Kier alpha value is -5.08. The molecule has 4 fully saturated rings. The summed E-state index contributed by atoms with van der Waals surface area (Å²) in [6, 6.07) is 51.9. The van der Waals surface area contributed by atoms with Crippen LogP contribution in [0.25, 0.3) is 44.2 Å². The molecule has 2 heteroatoms. The summed E-state index contributed by atoms with van der Waals surface area (Å²) in [5, 5.41) is 2.30. The number of nitrogens with zero attached hydrogens (tertiary/aromatic N) is 1. The zero-order chi connectivity index (χ0) is 32.6. The third-order valence-electron chi connectivity index (χ3n) is 14.3. The summed E-state index contributed by atoms with van der Waals surface area (Å²) in [5.41, 5.74) is 14.7. The average Bonchev–Trinajstić information content (AvgIpc) is 3.82. The highest BCUT2D eigenvalue weighted by molar-refractivity contribution is 6.07. The van der Waals surface area contributed by atoms with Crippen LogP contribution < -0.4 is 4.90 Å². The molecule has 2 bridgehead atoms. The molecule has 0 amide bonds. The van der Waals surface area contributed by atoms with Crippen molar-refractivity contribution in [2.24, 2.45) is 29.1 Å². The van der Waals surface area contributed by atoms with Crippen LogP contribution in [0.4, 0.5) is 17.1 Å². The Morgan fingerprint density at radius 3 is 2.22 bits per heavy atom. The van der Waals surface area contributed by atoms with Gasteiger partial charge in [0, 0.05) is 33.1 Å². The van der Waals surface area contributed by atoms with E-state index >= 15 is 0 Å². The highest BCUT2D eigenvalue weighted by Gasteiger charge is 2.75. The van der Waals surface area contributed by atoms with E-state index in [0.29, 0.717) is 5.41 Å². The summed E-state index contributed by atoms with van der Waals surface area (Å²) in [4.78, 5) is 2.49. The van der Waals surface area contributed by atoms with Crippen LogP contribution in [0, 0.1) is 29.1 Å². The minimum Gasteiger partial charge on any atom is -0.456 e. The Morgan fingerprint density at radius 1 is 0.540 bits per heavy atom. The number of fused-ring (bicyclic) bond motifs is 10. The Labute approximate surface area is 293 Å². The molecule has 50 heavy (non-hydrogen) atoms. The molecule has 0 radical (unpaired) electrons. The van der Waals surface area contributed by atoms with Gasteiger partial charge in [-0.1, -0.05) is 103 Å². The molecule has 4 saturated carbocycles. The molecular weight excluding hydrogens is 607 g/mol. The predicted molar refractivity (Wildman–Crippen MR) is 204 cm³/mol. The molecule has 6 aromatic carbocycles. The number of hydrogen-bond donors (Lipinski definition) is 0. The zero-order valence-corrected chi connectivity index (χ0v) is 28.2. The van der Waals surface area contributed by atoms with Crippen molar-refractivity contribution in [2.45, 2.75) is 43.9 Å². The number of anilines is 3. The standard InChI is InChI=1S/C48H39NO/c1-2-10-31(11-3-1)36-12-5-8-16-43(36)49(35-21-23-45-40(27-35)38-14-6-9-17-44(38)50-45)34-20-22-42-39(26-34)37-13-4-7-15-41(37)48(42)29-32-19-18-30-24-33-25-46(48)47(32,33)28-30/h1-17,20-23,26-27,30,32-33,46H,18-19,24-25,28-29H2. The van der Waals surface area contributed by atoms with E-state index in [2.05, 4.69) is 144 Å². The van der Waals surface area contributed by atoms with Crippen molar-refractivity contribution in [1.29, 1.82) is 0 Å². The molecule has 6 unspecified atom stereocenters. The summed E-state index contributed by atoms with van der Waals surface area (Å²) < 4.78 is 6.30. The highest BCUT2D eigenvalue weighted by Crippen LogP contribution is 2.82. The van der Waals surface area contributed by atoms with Gasteiger partial charge in [-0.05, 0) is 131 Å². The monoisotopic (exact) mass is 645 g/mol. The molecule has 12 rings (SSSR count). The van der Waals surface area contributed by atoms with Crippen LogP contribution in [0.2, 0.25) is 0 Å². The molecule has 5 aliphatic carbocycles. The maximum Gasteiger partial charge on any atom is 0.135 e. The summed E-state index contributed by atoms with van der Waals surface area (Å²) in [7, 11) is 0. The fraction of sp³-hybridized carbons (Fsp3) is 0.250. The Bertz CT molecular complexity index is 2510. The van der Waals surface area contributed by atoms with E-state index in [1.54, 1.807) is 11.1 Å². The predicted octanol–water partition coefficient (Wildman–Crippen LogP) is 12.8. The normalized spacial score (nSPS) is 28.1. The van der Waals surface area contributed by atoms with Crippen LogP contribution in [0.15, 0.2) is 144 Å². The molecule has 0 N–H and O–H groups in total. The second kappa shape index (κ2) is 9.79. The van der Waals surface area contributed by atoms with E-state index in [9.17, 15) is 0 Å². The summed E-state index contributed by atoms with van der Waals surface area (Å²) in [6.07, 6.45) is 8.68. The number of benzene rings is 6. The maximum atomic E-state index is 6.30. The van der Waals surface area contributed by atoms with Crippen LogP contribution in [0.3, 0.4) is 0 Å². The molecular formula is C48H39NO. The average molecular weight is 646 g/mol. The molecule has 0 aliphatic heterocycles. The second-order valence-electron chi connectivity index (χ2n) is 16.1. The van der Waals surface area contributed by atoms with Gasteiger partial charge in [-0.2, -0.15) is 0 Å². The van der Waals surface area contributed by atoms with Gasteiger partial charge in [0.15, 0.2) is 0 Å². The minimum atomic E-state index is 0.159. The lowest BCUT2D eigenvalue weighted by molar-refractivity contribution is -0.0593. The second-order valence-corrected chi connectivity index (χ2v) is 16.1. The molecule has 2 nitrogen and oxygen atoms in total. The third kappa shape index (κ3) is 3.40. The number of para-hydroxylation sites is 2. The van der Waals surface area contributed by atoms with Gasteiger partial charge in [-0.25, -0.2) is 0 Å². The maximum absolute atomic E-state index is 6.30. The van der Waals surface area contributed by atoms with Gasteiger partial charge >= 0.3 is 0 Å². The zero-order valence-electron chi connectivity index (χ0n) is 28.2. The van der Waals surface area contributed by atoms with Crippen LogP contribution in [0.5, 0.6) is 0 Å². The van der Waals surface area contributed by atoms with Gasteiger partial charge < -0.3 is 9.32 Å². The number of hydrogen-bond acceptors (Lipinski definition) is 2. The lowest BCUT2D eigenvalue weighted by Crippen LogP contribution is -2.51. The Balaban J connectivity index is 1.08. The molecule has 5 aliphatic rings. The van der Waals surface area contributed by atoms with Gasteiger partial charge in [-0.15, -0.1) is 0 Å². The van der Waals surface area contributed by atoms with Crippen molar-refractivity contribution < 1.29 is 4.42 Å². The fourth-order valence-electron chi connectivity index (χ4n) is 12.6. The first-order valence-electron chi connectivity index (χ1n) is 18.8. The van der Waals surface area contributed by atoms with Gasteiger partial charge in [0.2, 0.25) is 0 Å². The SMILES string of the molecule is c1ccc(-c2ccccc2N(c2ccc3c(c2)-c2ccccc2C32CC3CCC4CC5CC2C53C4)c2ccc3oc4ccccc4c3c2)cc1. The largest absolute Gasteiger partial charge is 0.456 e. The molecule has 7 aromatic rings. The molecule has 242 valence electrons. The lowest BCUT2D eigenvalue weighted by Gasteiger charge is -2.56. The van der Waals surface area contributed by atoms with Crippen molar-refractivity contribution >= 4 is 39.0 Å². The minimum absolute atomic E-state index is 0.159. The van der Waals surface area contributed by atoms with E-state index in [1.165, 1.54) is 72.2 Å². The van der Waals surface area contributed by atoms with Crippen LogP contribution in [-0.4, -0.2) is 0 Å². The highest BCUT2D eigenvalue weighted by atomic mass is 16.3. The molecule has 0 saturated heterocycles. The van der Waals surface area contributed by atoms with Crippen molar-refractivity contribution in [3.63, 3.8) is 0 Å². The van der Waals surface area contributed by atoms with Crippen molar-refractivity contribution in [1.82, 2.24) is 0 Å². The first-order chi connectivity index (χ1) is 24.7. The number of furan rings is 1. The quantitative estimate of drug-likeness (QED) is 0.189. The van der Waals surface area contributed by atoms with Crippen molar-refractivity contribution in [3.05, 3.63) is 151 Å². The Kier molecular flexibility index (Phi) is 5.42. The molecule has 1 heterocycles. The van der Waals surface area contributed by atoms with Crippen LogP contribution in [-0.2, 0) is 5.41 Å². The van der Waals surface area contributed by atoms with Crippen molar-refractivity contribution in [3.8, 4) is 22.3 Å². The van der Waals surface area contributed by atoms with E-state index in [1.807, 2.05) is 0 Å². The van der Waals surface area contributed by atoms with Crippen molar-refractivity contribution in [2.75, 3.05) is 4.90 Å². The first-order valence-corrected chi connectivity index (χ1v) is 18.8. The van der Waals surface area contributed by atoms with E-state index in [-0.39, 0.29) is 5.41 Å². The van der Waals surface area contributed by atoms with Gasteiger partial charge in [0.25, 0.3) is 0 Å². The Morgan fingerprint density at radius 2 is 1.28 bits per heavy atom. The summed E-state index contributed by atoms with van der Waals surface area (Å²) in [6.45, 7) is 0. The summed E-state index contributed by atoms with van der Waals surface area (Å²) >= 11 is 0. The summed E-state index contributed by atoms with van der Waals surface area (Å²) in [5.74, 6) is 3.63. The molecule has 6 atom stereocenters. The third-order valence-corrected chi connectivity index (χ3v) is 14.3. The van der Waals surface area contributed by atoms with Gasteiger partial charge in [0.1, 0.15) is 11.2 Å². The molecule has 1 aromatic heterocycles. The smallest absolute Gasteiger partial charge is 0.135 e. The lowest BCUT2D eigenvalue weighted by atomic mass is 9.47. The van der Waals surface area contributed by atoms with E-state index in [0.717, 1.165) is 51.3 Å². The van der Waals surface area contributed by atoms with Gasteiger partial charge in [0.05, 0.1) is 5.69 Å². The first kappa shape index (κ1) is 27.7. The fourth-order valence-corrected chi connectivity index (χ4v) is 12.6. The molecule has 2 spiro atoms. The number of rotatable bonds is 4. The van der Waals surface area contributed by atoms with Crippen LogP contribution in [0.1, 0.15) is 49.7 Å².